The van der Waals surface area contributed by atoms with Gasteiger partial charge in [0.05, 0.1) is 0 Å². The Morgan fingerprint density at radius 1 is 1.28 bits per heavy atom. The van der Waals surface area contributed by atoms with Crippen LogP contribution in [0.3, 0.4) is 0 Å². The van der Waals surface area contributed by atoms with E-state index in [4.69, 9.17) is 4.74 Å². The van der Waals surface area contributed by atoms with Crippen LogP contribution in [-0.4, -0.2) is 35.5 Å². The van der Waals surface area contributed by atoms with E-state index in [1.807, 2.05) is 38.1 Å². The van der Waals surface area contributed by atoms with Crippen LogP contribution in [0.4, 0.5) is 0 Å². The number of piperidine rings is 1. The number of carbonyl (C=O) groups excluding carboxylic acids is 2. The van der Waals surface area contributed by atoms with Crippen LogP contribution < -0.4 is 10.1 Å². The fourth-order valence-electron chi connectivity index (χ4n) is 5.07. The third kappa shape index (κ3) is 2.35. The van der Waals surface area contributed by atoms with E-state index in [1.54, 1.807) is 4.90 Å². The lowest BCUT2D eigenvalue weighted by Gasteiger charge is -2.56. The molecule has 5 heteroatoms. The number of benzene rings is 1. The van der Waals surface area contributed by atoms with Crippen molar-refractivity contribution in [1.82, 2.24) is 10.2 Å². The van der Waals surface area contributed by atoms with E-state index in [-0.39, 0.29) is 23.7 Å². The normalized spacial score (nSPS) is 32.7. The van der Waals surface area contributed by atoms with Gasteiger partial charge in [-0.2, -0.15) is 0 Å². The van der Waals surface area contributed by atoms with Crippen LogP contribution in [-0.2, 0) is 9.59 Å². The van der Waals surface area contributed by atoms with E-state index in [9.17, 15) is 9.59 Å². The predicted octanol–water partition coefficient (Wildman–Crippen LogP) is 2.66. The van der Waals surface area contributed by atoms with Crippen molar-refractivity contribution in [1.29, 1.82) is 0 Å². The molecule has 1 N–H and O–H groups in total. The molecule has 2 aliphatic heterocycles. The topological polar surface area (TPSA) is 58.6 Å². The Morgan fingerprint density at radius 3 is 2.80 bits per heavy atom. The highest BCUT2D eigenvalue weighted by molar-refractivity contribution is 6.02. The fourth-order valence-corrected chi connectivity index (χ4v) is 5.07. The van der Waals surface area contributed by atoms with Gasteiger partial charge in [-0.15, -0.1) is 0 Å². The molecule has 0 aromatic heterocycles. The standard InChI is InChI=1S/C20H26N2O3/c1-3-22(4-2)19(24)17-16-13-9-5-6-11-15(13)25-20(21-18(17)23)12-8-7-10-14(16)20/h5-6,9,11,14,16-17H,3-4,7-8,10,12H2,1-2H3,(H,21,23)/t14?,16?,17?,20-/m0/s1. The van der Waals surface area contributed by atoms with Crippen molar-refractivity contribution >= 4 is 11.8 Å². The first-order valence-electron chi connectivity index (χ1n) is 9.50. The van der Waals surface area contributed by atoms with Crippen LogP contribution in [0.2, 0.25) is 0 Å². The molecular weight excluding hydrogens is 316 g/mol. The molecule has 5 nitrogen and oxygen atoms in total. The molecule has 4 rings (SSSR count). The van der Waals surface area contributed by atoms with Gasteiger partial charge in [0, 0.05) is 31.3 Å². The molecule has 3 aliphatic rings. The Hall–Kier alpha value is -2.04. The molecule has 0 spiro atoms. The quantitative estimate of drug-likeness (QED) is 0.859. The fraction of sp³-hybridized carbons (Fsp3) is 0.600. The van der Waals surface area contributed by atoms with Gasteiger partial charge in [-0.1, -0.05) is 24.6 Å². The zero-order chi connectivity index (χ0) is 17.6. The number of para-hydroxylation sites is 1. The van der Waals surface area contributed by atoms with Crippen molar-refractivity contribution in [3.63, 3.8) is 0 Å². The summed E-state index contributed by atoms with van der Waals surface area (Å²) < 4.78 is 6.35. The summed E-state index contributed by atoms with van der Waals surface area (Å²) in [5.74, 6) is 0.0209. The molecule has 0 radical (unpaired) electrons. The number of hydrogen-bond acceptors (Lipinski definition) is 3. The van der Waals surface area contributed by atoms with E-state index in [2.05, 4.69) is 5.32 Å². The smallest absolute Gasteiger partial charge is 0.236 e. The Kier molecular flexibility index (Phi) is 3.97. The third-order valence-corrected chi connectivity index (χ3v) is 6.23. The molecule has 1 saturated carbocycles. The average molecular weight is 342 g/mol. The van der Waals surface area contributed by atoms with Crippen molar-refractivity contribution < 1.29 is 14.3 Å². The van der Waals surface area contributed by atoms with Crippen molar-refractivity contribution in [2.24, 2.45) is 11.8 Å². The zero-order valence-corrected chi connectivity index (χ0v) is 15.0. The van der Waals surface area contributed by atoms with Gasteiger partial charge in [-0.3, -0.25) is 9.59 Å². The summed E-state index contributed by atoms with van der Waals surface area (Å²) in [6.07, 6.45) is 3.97. The Labute approximate surface area is 148 Å². The van der Waals surface area contributed by atoms with Crippen LogP contribution in [0.15, 0.2) is 24.3 Å². The number of fused-ring (bicyclic) bond motifs is 2. The zero-order valence-electron chi connectivity index (χ0n) is 15.0. The van der Waals surface area contributed by atoms with Gasteiger partial charge in [-0.05, 0) is 38.3 Å². The second kappa shape index (κ2) is 6.04. The van der Waals surface area contributed by atoms with Gasteiger partial charge in [0.25, 0.3) is 0 Å². The Morgan fingerprint density at radius 2 is 2.04 bits per heavy atom. The number of nitrogens with one attached hydrogen (secondary N) is 1. The summed E-state index contributed by atoms with van der Waals surface area (Å²) in [6, 6.07) is 7.92. The Balaban J connectivity index is 1.83. The molecule has 2 amide bonds. The van der Waals surface area contributed by atoms with Crippen LogP contribution >= 0.6 is 0 Å². The lowest BCUT2D eigenvalue weighted by Crippen LogP contribution is -2.70. The third-order valence-electron chi connectivity index (χ3n) is 6.23. The molecular formula is C20H26N2O3. The Bertz CT molecular complexity index is 700. The summed E-state index contributed by atoms with van der Waals surface area (Å²) in [5.41, 5.74) is 0.388. The number of hydrogen-bond donors (Lipinski definition) is 1. The van der Waals surface area contributed by atoms with Crippen LogP contribution in [0.25, 0.3) is 0 Å². The molecule has 2 bridgehead atoms. The largest absolute Gasteiger partial charge is 0.467 e. The summed E-state index contributed by atoms with van der Waals surface area (Å²) in [4.78, 5) is 28.0. The van der Waals surface area contributed by atoms with Crippen molar-refractivity contribution in [3.05, 3.63) is 29.8 Å². The maximum atomic E-state index is 13.2. The number of nitrogens with zero attached hydrogens (tertiary/aromatic N) is 1. The molecule has 2 fully saturated rings. The molecule has 3 unspecified atom stereocenters. The lowest BCUT2D eigenvalue weighted by molar-refractivity contribution is -0.165. The molecule has 134 valence electrons. The maximum absolute atomic E-state index is 13.2. The van der Waals surface area contributed by atoms with Crippen molar-refractivity contribution in [2.75, 3.05) is 13.1 Å². The van der Waals surface area contributed by atoms with Crippen molar-refractivity contribution in [3.8, 4) is 5.75 Å². The first-order valence-corrected chi connectivity index (χ1v) is 9.50. The summed E-state index contributed by atoms with van der Waals surface area (Å²) in [7, 11) is 0. The van der Waals surface area contributed by atoms with E-state index in [1.165, 1.54) is 0 Å². The minimum atomic E-state index is -0.652. The van der Waals surface area contributed by atoms with Crippen LogP contribution in [0, 0.1) is 11.8 Å². The lowest BCUT2D eigenvalue weighted by atomic mass is 9.62. The molecule has 1 saturated heterocycles. The molecule has 1 aliphatic carbocycles. The second-order valence-electron chi connectivity index (χ2n) is 7.38. The molecule has 25 heavy (non-hydrogen) atoms. The number of carbonyl (C=O) groups is 2. The van der Waals surface area contributed by atoms with Crippen LogP contribution in [0.5, 0.6) is 5.75 Å². The summed E-state index contributed by atoms with van der Waals surface area (Å²) >= 11 is 0. The van der Waals surface area contributed by atoms with Gasteiger partial charge in [0.1, 0.15) is 11.7 Å². The first kappa shape index (κ1) is 16.4. The molecule has 1 aromatic carbocycles. The SMILES string of the molecule is CCN(CC)C(=O)C1C(=O)N[C@]23CCCCC2C1c1ccccc1O3. The number of amides is 2. The highest BCUT2D eigenvalue weighted by Gasteiger charge is 2.60. The predicted molar refractivity (Wildman–Crippen MR) is 94.1 cm³/mol. The van der Waals surface area contributed by atoms with Gasteiger partial charge in [-0.25, -0.2) is 0 Å². The van der Waals surface area contributed by atoms with E-state index >= 15 is 0 Å². The highest BCUT2D eigenvalue weighted by Crippen LogP contribution is 2.55. The minimum absolute atomic E-state index is 0.0524. The molecule has 4 atom stereocenters. The second-order valence-corrected chi connectivity index (χ2v) is 7.38. The maximum Gasteiger partial charge on any atom is 0.236 e. The highest BCUT2D eigenvalue weighted by atomic mass is 16.5. The molecule has 2 heterocycles. The summed E-state index contributed by atoms with van der Waals surface area (Å²) in [5, 5.41) is 3.13. The minimum Gasteiger partial charge on any atom is -0.467 e. The van der Waals surface area contributed by atoms with Crippen LogP contribution in [0.1, 0.15) is 51.0 Å². The average Bonchev–Trinajstić information content (AvgIpc) is 2.61. The van der Waals surface area contributed by atoms with Gasteiger partial charge < -0.3 is 15.0 Å². The number of ether oxygens (including phenoxy) is 1. The van der Waals surface area contributed by atoms with Crippen molar-refractivity contribution in [2.45, 2.75) is 51.2 Å². The monoisotopic (exact) mass is 342 g/mol. The van der Waals surface area contributed by atoms with E-state index in [0.29, 0.717) is 13.1 Å². The first-order chi connectivity index (χ1) is 12.1. The van der Waals surface area contributed by atoms with E-state index in [0.717, 1.165) is 37.0 Å². The number of rotatable bonds is 3. The van der Waals surface area contributed by atoms with Gasteiger partial charge in [0.2, 0.25) is 11.8 Å². The molecule has 1 aromatic rings. The van der Waals surface area contributed by atoms with Gasteiger partial charge in [0.15, 0.2) is 5.72 Å². The van der Waals surface area contributed by atoms with Gasteiger partial charge >= 0.3 is 0 Å². The summed E-state index contributed by atoms with van der Waals surface area (Å²) in [6.45, 7) is 5.18. The van der Waals surface area contributed by atoms with E-state index < -0.39 is 11.6 Å².